The van der Waals surface area contributed by atoms with Gasteiger partial charge in [0.25, 0.3) is 0 Å². The molecule has 1 aromatic heterocycles. The number of nitrogens with zero attached hydrogens (tertiary/aromatic N) is 2. The van der Waals surface area contributed by atoms with Crippen LogP contribution in [0.5, 0.6) is 0 Å². The summed E-state index contributed by atoms with van der Waals surface area (Å²) in [4.78, 5) is 0. The first-order chi connectivity index (χ1) is 9.70. The first-order valence-electron chi connectivity index (χ1n) is 6.15. The Morgan fingerprint density at radius 2 is 2.20 bits per heavy atom. The summed E-state index contributed by atoms with van der Waals surface area (Å²) in [5, 5.41) is 20.5. The van der Waals surface area contributed by atoms with Crippen LogP contribution in [0, 0.1) is 0 Å². The van der Waals surface area contributed by atoms with E-state index in [2.05, 4.69) is 31.4 Å². The van der Waals surface area contributed by atoms with Crippen molar-refractivity contribution in [1.82, 2.24) is 15.5 Å². The van der Waals surface area contributed by atoms with Crippen LogP contribution in [0.4, 0.5) is 0 Å². The van der Waals surface area contributed by atoms with Gasteiger partial charge in [-0.3, -0.25) is 0 Å². The summed E-state index contributed by atoms with van der Waals surface area (Å²) in [6.45, 7) is 1.10. The molecule has 0 saturated carbocycles. The van der Waals surface area contributed by atoms with Crippen molar-refractivity contribution in [1.29, 1.82) is 0 Å². The highest BCUT2D eigenvalue weighted by molar-refractivity contribution is 9.10. The highest BCUT2D eigenvalue weighted by atomic mass is 79.9. The molecule has 7 heteroatoms. The molecule has 2 N–H and O–H groups in total. The minimum absolute atomic E-state index is 0.291. The van der Waals surface area contributed by atoms with Gasteiger partial charge in [0, 0.05) is 18.1 Å². The third kappa shape index (κ3) is 4.11. The smallest absolute Gasteiger partial charge is 0.248 e. The van der Waals surface area contributed by atoms with E-state index in [-0.39, 0.29) is 0 Å². The molecule has 0 saturated heterocycles. The van der Waals surface area contributed by atoms with Gasteiger partial charge in [0.15, 0.2) is 0 Å². The second kappa shape index (κ2) is 7.49. The van der Waals surface area contributed by atoms with Gasteiger partial charge in [-0.25, -0.2) is 0 Å². The van der Waals surface area contributed by atoms with Crippen LogP contribution in [0.15, 0.2) is 33.2 Å². The quantitative estimate of drug-likeness (QED) is 0.796. The second-order valence-electron chi connectivity index (χ2n) is 4.22. The van der Waals surface area contributed by atoms with Crippen molar-refractivity contribution in [3.63, 3.8) is 0 Å². The number of aromatic nitrogens is 2. The fourth-order valence-corrected chi connectivity index (χ4v) is 2.12. The van der Waals surface area contributed by atoms with Crippen molar-refractivity contribution in [2.45, 2.75) is 12.6 Å². The number of nitrogens with one attached hydrogen (secondary N) is 1. The van der Waals surface area contributed by atoms with Crippen LogP contribution in [-0.4, -0.2) is 41.7 Å². The zero-order valence-corrected chi connectivity index (χ0v) is 12.6. The Labute approximate surface area is 125 Å². The van der Waals surface area contributed by atoms with Gasteiger partial charge < -0.3 is 19.6 Å². The van der Waals surface area contributed by atoms with Crippen molar-refractivity contribution in [3.05, 3.63) is 34.6 Å². The Balaban J connectivity index is 1.91. The fourth-order valence-electron chi connectivity index (χ4n) is 1.67. The molecule has 0 fully saturated rings. The van der Waals surface area contributed by atoms with Gasteiger partial charge in [-0.05, 0) is 28.1 Å². The van der Waals surface area contributed by atoms with Crippen molar-refractivity contribution in [2.75, 3.05) is 20.3 Å². The highest BCUT2D eigenvalue weighted by Crippen LogP contribution is 2.26. The number of hydrogen-bond acceptors (Lipinski definition) is 6. The van der Waals surface area contributed by atoms with Gasteiger partial charge in [-0.2, -0.15) is 0 Å². The maximum Gasteiger partial charge on any atom is 0.248 e. The van der Waals surface area contributed by atoms with E-state index in [0.717, 1.165) is 10.0 Å². The van der Waals surface area contributed by atoms with Gasteiger partial charge in [0.05, 0.1) is 24.8 Å². The standard InChI is InChI=1S/C13H16BrN3O3/c1-19-8-9(18)6-15-7-12-16-17-13(20-12)10-4-2-3-5-11(10)14/h2-5,9,15,18H,6-8H2,1H3. The zero-order chi connectivity index (χ0) is 14.4. The van der Waals surface area contributed by atoms with Crippen LogP contribution >= 0.6 is 15.9 Å². The minimum atomic E-state index is -0.550. The van der Waals surface area contributed by atoms with Gasteiger partial charge in [-0.1, -0.05) is 12.1 Å². The second-order valence-corrected chi connectivity index (χ2v) is 5.08. The number of halogens is 1. The summed E-state index contributed by atoms with van der Waals surface area (Å²) in [7, 11) is 1.55. The molecule has 2 aromatic rings. The summed E-state index contributed by atoms with van der Waals surface area (Å²) in [5.74, 6) is 0.937. The third-order valence-corrected chi connectivity index (χ3v) is 3.28. The molecule has 0 bridgehead atoms. The lowest BCUT2D eigenvalue weighted by Gasteiger charge is -2.08. The number of ether oxygens (including phenoxy) is 1. The molecular weight excluding hydrogens is 326 g/mol. The van der Waals surface area contributed by atoms with Crippen molar-refractivity contribution < 1.29 is 14.3 Å². The predicted molar refractivity (Wildman–Crippen MR) is 77.0 cm³/mol. The van der Waals surface area contributed by atoms with E-state index in [0.29, 0.717) is 31.5 Å². The number of methoxy groups -OCH3 is 1. The maximum atomic E-state index is 9.49. The first kappa shape index (κ1) is 15.1. The number of benzene rings is 1. The summed E-state index contributed by atoms with van der Waals surface area (Å²) in [5.41, 5.74) is 0.852. The molecule has 20 heavy (non-hydrogen) atoms. The number of aliphatic hydroxyl groups is 1. The molecule has 1 heterocycles. The SMILES string of the molecule is COCC(O)CNCc1nnc(-c2ccccc2Br)o1. The monoisotopic (exact) mass is 341 g/mol. The zero-order valence-electron chi connectivity index (χ0n) is 11.0. The molecule has 0 aliphatic rings. The van der Waals surface area contributed by atoms with Crippen molar-refractivity contribution in [2.24, 2.45) is 0 Å². The van der Waals surface area contributed by atoms with Gasteiger partial charge in [-0.15, -0.1) is 10.2 Å². The summed E-state index contributed by atoms with van der Waals surface area (Å²) >= 11 is 3.44. The van der Waals surface area contributed by atoms with Crippen LogP contribution in [0.1, 0.15) is 5.89 Å². The molecule has 1 atom stereocenters. The van der Waals surface area contributed by atoms with E-state index < -0.39 is 6.10 Å². The predicted octanol–water partition coefficient (Wildman–Crippen LogP) is 1.60. The van der Waals surface area contributed by atoms with Crippen LogP contribution in [0.2, 0.25) is 0 Å². The van der Waals surface area contributed by atoms with E-state index in [1.165, 1.54) is 0 Å². The average Bonchev–Trinajstić information content (AvgIpc) is 2.88. The molecule has 0 spiro atoms. The molecule has 1 aromatic carbocycles. The largest absolute Gasteiger partial charge is 0.419 e. The molecule has 6 nitrogen and oxygen atoms in total. The molecule has 0 radical (unpaired) electrons. The topological polar surface area (TPSA) is 80.4 Å². The van der Waals surface area contributed by atoms with E-state index >= 15 is 0 Å². The lowest BCUT2D eigenvalue weighted by Crippen LogP contribution is -2.29. The van der Waals surface area contributed by atoms with Gasteiger partial charge >= 0.3 is 0 Å². The molecule has 0 aliphatic heterocycles. The lowest BCUT2D eigenvalue weighted by molar-refractivity contribution is 0.0640. The molecule has 2 rings (SSSR count). The van der Waals surface area contributed by atoms with Gasteiger partial charge in [0.2, 0.25) is 11.8 Å². The Hall–Kier alpha value is -1.28. The highest BCUT2D eigenvalue weighted by Gasteiger charge is 2.11. The van der Waals surface area contributed by atoms with E-state index in [4.69, 9.17) is 9.15 Å². The third-order valence-electron chi connectivity index (χ3n) is 2.59. The van der Waals surface area contributed by atoms with Crippen molar-refractivity contribution >= 4 is 15.9 Å². The van der Waals surface area contributed by atoms with Gasteiger partial charge in [0.1, 0.15) is 0 Å². The first-order valence-corrected chi connectivity index (χ1v) is 6.95. The Morgan fingerprint density at radius 3 is 2.95 bits per heavy atom. The number of hydrogen-bond donors (Lipinski definition) is 2. The van der Waals surface area contributed by atoms with Crippen LogP contribution in [-0.2, 0) is 11.3 Å². The summed E-state index contributed by atoms with van der Waals surface area (Å²) in [6.07, 6.45) is -0.550. The molecule has 0 amide bonds. The molecule has 108 valence electrons. The average molecular weight is 342 g/mol. The Morgan fingerprint density at radius 1 is 1.40 bits per heavy atom. The Bertz CT molecular complexity index is 547. The normalized spacial score (nSPS) is 12.6. The molecular formula is C13H16BrN3O3. The minimum Gasteiger partial charge on any atom is -0.419 e. The van der Waals surface area contributed by atoms with Crippen LogP contribution in [0.3, 0.4) is 0 Å². The van der Waals surface area contributed by atoms with Crippen LogP contribution in [0.25, 0.3) is 11.5 Å². The van der Waals surface area contributed by atoms with Crippen molar-refractivity contribution in [3.8, 4) is 11.5 Å². The molecule has 1 unspecified atom stereocenters. The summed E-state index contributed by atoms with van der Waals surface area (Å²) in [6, 6.07) is 7.64. The fraction of sp³-hybridized carbons (Fsp3) is 0.385. The maximum absolute atomic E-state index is 9.49. The lowest BCUT2D eigenvalue weighted by atomic mass is 10.2. The van der Waals surface area contributed by atoms with E-state index in [1.54, 1.807) is 7.11 Å². The number of aliphatic hydroxyl groups excluding tert-OH is 1. The Kier molecular flexibility index (Phi) is 5.66. The summed E-state index contributed by atoms with van der Waals surface area (Å²) < 4.78 is 11.3. The van der Waals surface area contributed by atoms with E-state index in [1.807, 2.05) is 24.3 Å². The molecule has 0 aliphatic carbocycles. The van der Waals surface area contributed by atoms with E-state index in [9.17, 15) is 5.11 Å². The van der Waals surface area contributed by atoms with Crippen LogP contribution < -0.4 is 5.32 Å². The number of rotatable bonds is 7.